The molecule has 0 spiro atoms. The molecule has 188 valence electrons. The summed E-state index contributed by atoms with van der Waals surface area (Å²) >= 11 is 1.34. The van der Waals surface area contributed by atoms with Crippen LogP contribution in [-0.2, 0) is 19.7 Å². The molecule has 1 amide bonds. The Morgan fingerprint density at radius 2 is 1.51 bits per heavy atom. The van der Waals surface area contributed by atoms with Gasteiger partial charge in [-0.25, -0.2) is 4.79 Å². The van der Waals surface area contributed by atoms with Crippen molar-refractivity contribution in [3.63, 3.8) is 0 Å². The molecule has 0 saturated heterocycles. The van der Waals surface area contributed by atoms with Crippen molar-refractivity contribution in [2.24, 2.45) is 0 Å². The summed E-state index contributed by atoms with van der Waals surface area (Å²) in [5.41, 5.74) is 5.94. The molecule has 0 bridgehead atoms. The van der Waals surface area contributed by atoms with Crippen LogP contribution in [0.1, 0.15) is 42.7 Å². The number of aryl methyl sites for hydroxylation is 1. The number of hydrogen-bond donors (Lipinski definition) is 1. The number of rotatable bonds is 7. The van der Waals surface area contributed by atoms with Crippen molar-refractivity contribution in [1.29, 1.82) is 0 Å². The van der Waals surface area contributed by atoms with Crippen molar-refractivity contribution >= 4 is 29.3 Å². The second-order valence-electron chi connectivity index (χ2n) is 9.28. The number of methoxy groups -OCH3 is 1. The van der Waals surface area contributed by atoms with E-state index in [-0.39, 0.29) is 12.1 Å². The maximum atomic E-state index is 12.6. The van der Waals surface area contributed by atoms with E-state index >= 15 is 0 Å². The van der Waals surface area contributed by atoms with E-state index in [2.05, 4.69) is 9.69 Å². The van der Waals surface area contributed by atoms with Crippen molar-refractivity contribution in [3.8, 4) is 21.6 Å². The first kappa shape index (κ1) is 24.7. The summed E-state index contributed by atoms with van der Waals surface area (Å²) in [5.74, 6) is -0.160. The van der Waals surface area contributed by atoms with E-state index in [9.17, 15) is 9.59 Å². The van der Waals surface area contributed by atoms with Crippen molar-refractivity contribution in [2.45, 2.75) is 38.2 Å². The number of carbonyl (C=O) groups excluding carboxylic acids is 2. The minimum atomic E-state index is -0.516. The molecule has 7 heteroatoms. The molecule has 1 N–H and O–H groups in total. The molecule has 1 aliphatic carbocycles. The van der Waals surface area contributed by atoms with E-state index in [1.807, 2.05) is 92.7 Å². The normalized spacial score (nSPS) is 14.5. The topological polar surface area (TPSA) is 77.5 Å². The van der Waals surface area contributed by atoms with Gasteiger partial charge in [-0.15, -0.1) is 0 Å². The molecule has 0 radical (unpaired) electrons. The molecule has 1 heterocycles. The molecule has 1 aromatic heterocycles. The average molecular weight is 513 g/mol. The van der Waals surface area contributed by atoms with Crippen molar-refractivity contribution in [3.05, 3.63) is 95.7 Å². The number of ether oxygens (including phenoxy) is 2. The molecular formula is C30H28N2O4S. The third kappa shape index (κ3) is 5.00. The van der Waals surface area contributed by atoms with E-state index in [1.54, 1.807) is 0 Å². The van der Waals surface area contributed by atoms with E-state index in [1.165, 1.54) is 18.6 Å². The lowest BCUT2D eigenvalue weighted by molar-refractivity contribution is -0.143. The molecule has 1 fully saturated rings. The number of nitrogens with zero attached hydrogens (tertiary/aromatic N) is 1. The van der Waals surface area contributed by atoms with Crippen LogP contribution in [0.15, 0.2) is 78.9 Å². The zero-order valence-electron chi connectivity index (χ0n) is 21.0. The molecule has 37 heavy (non-hydrogen) atoms. The Morgan fingerprint density at radius 1 is 0.919 bits per heavy atom. The van der Waals surface area contributed by atoms with Gasteiger partial charge in [-0.05, 0) is 66.0 Å². The van der Waals surface area contributed by atoms with Crippen molar-refractivity contribution < 1.29 is 19.1 Å². The van der Waals surface area contributed by atoms with Crippen LogP contribution in [0.25, 0.3) is 21.6 Å². The number of nitrogens with one attached hydrogen (secondary N) is 1. The zero-order chi connectivity index (χ0) is 26.0. The van der Waals surface area contributed by atoms with Crippen LogP contribution >= 0.6 is 11.5 Å². The first-order chi connectivity index (χ1) is 17.9. The fourth-order valence-electron chi connectivity index (χ4n) is 4.52. The Balaban J connectivity index is 1.30. The molecule has 4 aromatic rings. The monoisotopic (exact) mass is 512 g/mol. The molecule has 1 atom stereocenters. The van der Waals surface area contributed by atoms with Gasteiger partial charge >= 0.3 is 12.1 Å². The summed E-state index contributed by atoms with van der Waals surface area (Å²) in [6, 6.07) is 25.9. The van der Waals surface area contributed by atoms with Gasteiger partial charge in [0.1, 0.15) is 6.10 Å². The molecule has 5 rings (SSSR count). The van der Waals surface area contributed by atoms with Crippen LogP contribution in [0.4, 0.5) is 10.5 Å². The number of aromatic nitrogens is 1. The summed E-state index contributed by atoms with van der Waals surface area (Å²) in [7, 11) is 1.44. The van der Waals surface area contributed by atoms with Gasteiger partial charge in [0.2, 0.25) is 0 Å². The highest BCUT2D eigenvalue weighted by atomic mass is 32.1. The highest BCUT2D eigenvalue weighted by Crippen LogP contribution is 2.49. The van der Waals surface area contributed by atoms with Crippen molar-refractivity contribution in [1.82, 2.24) is 4.37 Å². The first-order valence-corrected chi connectivity index (χ1v) is 13.0. The molecule has 1 aliphatic rings. The molecule has 0 unspecified atom stereocenters. The van der Waals surface area contributed by atoms with E-state index in [4.69, 9.17) is 9.47 Å². The molecule has 6 nitrogen and oxygen atoms in total. The Bertz CT molecular complexity index is 1410. The average Bonchev–Trinajstić information content (AvgIpc) is 3.67. The Kier molecular flexibility index (Phi) is 6.80. The van der Waals surface area contributed by atoms with Crippen LogP contribution in [0.5, 0.6) is 0 Å². The highest BCUT2D eigenvalue weighted by molar-refractivity contribution is 7.10. The number of hydrogen-bond acceptors (Lipinski definition) is 6. The van der Waals surface area contributed by atoms with Crippen LogP contribution in [0.3, 0.4) is 0 Å². The number of amides is 1. The first-order valence-electron chi connectivity index (χ1n) is 12.2. The van der Waals surface area contributed by atoms with Crippen molar-refractivity contribution in [2.75, 3.05) is 12.4 Å². The second kappa shape index (κ2) is 10.2. The number of benzene rings is 3. The number of anilines is 1. The summed E-state index contributed by atoms with van der Waals surface area (Å²) in [5, 5.41) is 2.89. The highest BCUT2D eigenvalue weighted by Gasteiger charge is 2.52. The fraction of sp³-hybridized carbons (Fsp3) is 0.233. The third-order valence-electron chi connectivity index (χ3n) is 6.89. The minimum absolute atomic E-state index is 0.160. The summed E-state index contributed by atoms with van der Waals surface area (Å²) < 4.78 is 15.0. The van der Waals surface area contributed by atoms with Gasteiger partial charge in [-0.2, -0.15) is 4.37 Å². The summed E-state index contributed by atoms with van der Waals surface area (Å²) in [6.45, 7) is 3.72. The summed E-state index contributed by atoms with van der Waals surface area (Å²) in [4.78, 5) is 25.7. The van der Waals surface area contributed by atoms with Gasteiger partial charge in [-0.1, -0.05) is 78.9 Å². The van der Waals surface area contributed by atoms with E-state index in [0.29, 0.717) is 5.69 Å². The Labute approximate surface area is 220 Å². The third-order valence-corrected chi connectivity index (χ3v) is 7.87. The fourth-order valence-corrected chi connectivity index (χ4v) is 5.38. The van der Waals surface area contributed by atoms with Crippen LogP contribution in [0.2, 0.25) is 0 Å². The van der Waals surface area contributed by atoms with Gasteiger partial charge in [0.05, 0.1) is 28.8 Å². The number of carbonyl (C=O) groups is 2. The SMILES string of the molecule is COC(=O)C1(c2ccc(-c3ccc(-c4snc(C)c4NC(=O)O[C@@H](C)c4ccccc4)cc3)cc2)CC1. The lowest BCUT2D eigenvalue weighted by atomic mass is 9.93. The number of esters is 1. The zero-order valence-corrected chi connectivity index (χ0v) is 21.8. The minimum Gasteiger partial charge on any atom is -0.468 e. The molecule has 3 aromatic carbocycles. The van der Waals surface area contributed by atoms with Gasteiger partial charge in [-0.3, -0.25) is 10.1 Å². The predicted octanol–water partition coefficient (Wildman–Crippen LogP) is 7.30. The van der Waals surface area contributed by atoms with Gasteiger partial charge in [0.25, 0.3) is 0 Å². The Hall–Kier alpha value is -3.97. The largest absolute Gasteiger partial charge is 0.468 e. The summed E-state index contributed by atoms with van der Waals surface area (Å²) in [6.07, 6.45) is 0.774. The molecular weight excluding hydrogens is 484 g/mol. The molecule has 0 aliphatic heterocycles. The van der Waals surface area contributed by atoms with Crippen LogP contribution in [-0.4, -0.2) is 23.5 Å². The maximum Gasteiger partial charge on any atom is 0.412 e. The van der Waals surface area contributed by atoms with Gasteiger partial charge in [0.15, 0.2) is 0 Å². The standard InChI is InChI=1S/C30H28N2O4S/c1-19-26(31-29(34)36-20(2)21-7-5-4-6-8-21)27(37-32-19)24-11-9-22(10-12-24)23-13-15-25(16-14-23)30(17-18-30)28(33)35-3/h4-16,20H,17-18H2,1-3H3,(H,31,34)/t20-/m0/s1. The van der Waals surface area contributed by atoms with Gasteiger partial charge < -0.3 is 9.47 Å². The maximum absolute atomic E-state index is 12.6. The van der Waals surface area contributed by atoms with E-state index < -0.39 is 11.5 Å². The van der Waals surface area contributed by atoms with Crippen LogP contribution < -0.4 is 5.32 Å². The predicted molar refractivity (Wildman–Crippen MR) is 146 cm³/mol. The second-order valence-corrected chi connectivity index (χ2v) is 10.1. The van der Waals surface area contributed by atoms with E-state index in [0.717, 1.165) is 51.2 Å². The lowest BCUT2D eigenvalue weighted by Crippen LogP contribution is -2.21. The Morgan fingerprint density at radius 3 is 2.11 bits per heavy atom. The van der Waals surface area contributed by atoms with Gasteiger partial charge in [0, 0.05) is 0 Å². The molecule has 1 saturated carbocycles. The lowest BCUT2D eigenvalue weighted by Gasteiger charge is -2.15. The quantitative estimate of drug-likeness (QED) is 0.263. The smallest absolute Gasteiger partial charge is 0.412 e. The van der Waals surface area contributed by atoms with Crippen LogP contribution in [0, 0.1) is 6.92 Å².